The molecule has 1 fully saturated rings. The number of rotatable bonds is 10. The molecule has 1 aromatic carbocycles. The van der Waals surface area contributed by atoms with Gasteiger partial charge in [-0.1, -0.05) is 6.07 Å². The number of aromatic nitrogens is 2. The number of methoxy groups -OCH3 is 1. The molecule has 2 N–H and O–H groups in total. The third-order valence-corrected chi connectivity index (χ3v) is 7.68. The Kier molecular flexibility index (Phi) is 8.43. The highest BCUT2D eigenvalue weighted by Gasteiger charge is 2.37. The Morgan fingerprint density at radius 2 is 2.03 bits per heavy atom. The van der Waals surface area contributed by atoms with Crippen LogP contribution in [0.5, 0.6) is 5.75 Å². The van der Waals surface area contributed by atoms with E-state index in [1.54, 1.807) is 24.4 Å². The van der Waals surface area contributed by atoms with Crippen LogP contribution in [-0.2, 0) is 4.79 Å². The molecule has 36 heavy (non-hydrogen) atoms. The number of pyridine rings is 2. The number of carboxylic acid groups (broad SMARTS) is 1. The third kappa shape index (κ3) is 6.14. The van der Waals surface area contributed by atoms with Crippen LogP contribution in [0.25, 0.3) is 10.9 Å². The molecule has 3 aromatic rings. The van der Waals surface area contributed by atoms with E-state index in [1.807, 2.05) is 18.2 Å². The molecule has 1 aliphatic rings. The molecule has 2 atom stereocenters. The molecule has 1 saturated heterocycles. The summed E-state index contributed by atoms with van der Waals surface area (Å²) in [5.74, 6) is -0.894. The van der Waals surface area contributed by atoms with E-state index in [0.29, 0.717) is 35.9 Å². The molecular formula is C27H32FN3O4S. The largest absolute Gasteiger partial charge is 0.497 e. The molecule has 1 aliphatic heterocycles. The van der Waals surface area contributed by atoms with Crippen LogP contribution in [0.4, 0.5) is 4.39 Å². The average Bonchev–Trinajstić information content (AvgIpc) is 2.88. The number of hydrogen-bond acceptors (Lipinski definition) is 7. The monoisotopic (exact) mass is 513 g/mol. The van der Waals surface area contributed by atoms with Crippen molar-refractivity contribution in [2.45, 2.75) is 43.5 Å². The number of hydrogen-bond donors (Lipinski definition) is 3. The maximum absolute atomic E-state index is 14.8. The van der Waals surface area contributed by atoms with Gasteiger partial charge in [-0.3, -0.25) is 14.8 Å². The lowest BCUT2D eigenvalue weighted by Crippen LogP contribution is -2.42. The highest BCUT2D eigenvalue weighted by atomic mass is 32.1. The van der Waals surface area contributed by atoms with Crippen LogP contribution in [0, 0.1) is 11.2 Å². The summed E-state index contributed by atoms with van der Waals surface area (Å²) < 4.78 is 20.1. The first-order chi connectivity index (χ1) is 17.3. The van der Waals surface area contributed by atoms with Gasteiger partial charge in [0.2, 0.25) is 0 Å². The Labute approximate surface area is 215 Å². The number of nitrogens with zero attached hydrogens (tertiary/aromatic N) is 3. The topological polar surface area (TPSA) is 95.8 Å². The maximum atomic E-state index is 14.8. The Morgan fingerprint density at radius 1 is 1.25 bits per heavy atom. The first-order valence-electron chi connectivity index (χ1n) is 12.1. The predicted molar refractivity (Wildman–Crippen MR) is 139 cm³/mol. The molecule has 0 aliphatic carbocycles. The van der Waals surface area contributed by atoms with E-state index in [2.05, 4.69) is 14.9 Å². The number of halogens is 1. The van der Waals surface area contributed by atoms with Gasteiger partial charge in [-0.25, -0.2) is 4.39 Å². The lowest BCUT2D eigenvalue weighted by atomic mass is 9.71. The number of aliphatic hydroxyl groups is 1. The van der Waals surface area contributed by atoms with Gasteiger partial charge >= 0.3 is 5.97 Å². The van der Waals surface area contributed by atoms with Crippen LogP contribution >= 0.6 is 12.6 Å². The fourth-order valence-electron chi connectivity index (χ4n) is 5.18. The number of benzene rings is 1. The quantitative estimate of drug-likeness (QED) is 0.335. The standard InChI is InChI=1S/C27H32FN3O4S/c1-35-18-5-6-21-19(14-18)26(20(28)16-30-21)23(32)7-8-27(15-25(33)34)9-12-31(13-10-27)17-24(36)22-4-2-3-11-29-22/h2-6,11,14,16,23-24,32,36H,7-10,12-13,15,17H2,1H3,(H,33,34)/t23-,24?/m0/s1. The summed E-state index contributed by atoms with van der Waals surface area (Å²) in [4.78, 5) is 22.5. The third-order valence-electron chi connectivity index (χ3n) is 7.25. The Bertz CT molecular complexity index is 1190. The summed E-state index contributed by atoms with van der Waals surface area (Å²) >= 11 is 4.71. The molecule has 3 heterocycles. The highest BCUT2D eigenvalue weighted by molar-refractivity contribution is 7.80. The van der Waals surface area contributed by atoms with Crippen molar-refractivity contribution >= 4 is 29.5 Å². The van der Waals surface area contributed by atoms with Crippen molar-refractivity contribution in [3.8, 4) is 5.75 Å². The normalized spacial score (nSPS) is 17.6. The summed E-state index contributed by atoms with van der Waals surface area (Å²) in [6.07, 6.45) is 3.90. The van der Waals surface area contributed by atoms with E-state index in [-0.39, 0.29) is 23.7 Å². The molecule has 192 valence electrons. The van der Waals surface area contributed by atoms with Gasteiger partial charge in [0, 0.05) is 23.7 Å². The lowest BCUT2D eigenvalue weighted by Gasteiger charge is -2.42. The molecule has 0 radical (unpaired) electrons. The van der Waals surface area contributed by atoms with Crippen LogP contribution in [-0.4, -0.2) is 57.8 Å². The van der Waals surface area contributed by atoms with Gasteiger partial charge in [-0.05, 0) is 74.5 Å². The Balaban J connectivity index is 1.45. The molecule has 4 rings (SSSR count). The van der Waals surface area contributed by atoms with E-state index < -0.39 is 23.3 Å². The van der Waals surface area contributed by atoms with Gasteiger partial charge in [-0.2, -0.15) is 12.6 Å². The van der Waals surface area contributed by atoms with Gasteiger partial charge in [0.05, 0.1) is 42.3 Å². The second-order valence-electron chi connectivity index (χ2n) is 9.60. The van der Waals surface area contributed by atoms with E-state index in [4.69, 9.17) is 17.4 Å². The summed E-state index contributed by atoms with van der Waals surface area (Å²) in [6.45, 7) is 2.19. The average molecular weight is 514 g/mol. The molecule has 0 amide bonds. The maximum Gasteiger partial charge on any atom is 0.303 e. The lowest BCUT2D eigenvalue weighted by molar-refractivity contribution is -0.141. The summed E-state index contributed by atoms with van der Waals surface area (Å²) in [6, 6.07) is 10.9. The van der Waals surface area contributed by atoms with Crippen molar-refractivity contribution in [2.75, 3.05) is 26.7 Å². The number of fused-ring (bicyclic) bond motifs is 1. The second kappa shape index (κ2) is 11.5. The van der Waals surface area contributed by atoms with Crippen molar-refractivity contribution in [3.05, 3.63) is 65.9 Å². The molecule has 1 unspecified atom stereocenters. The number of thiol groups is 1. The molecule has 0 saturated carbocycles. The SMILES string of the molecule is COc1ccc2ncc(F)c([C@@H](O)CCC3(CC(=O)O)CCN(CC(S)c4ccccn4)CC3)c2c1. The van der Waals surface area contributed by atoms with Gasteiger partial charge in [0.1, 0.15) is 11.6 Å². The minimum Gasteiger partial charge on any atom is -0.497 e. The molecule has 9 heteroatoms. The van der Waals surface area contributed by atoms with E-state index in [9.17, 15) is 19.4 Å². The molecular weight excluding hydrogens is 481 g/mol. The number of ether oxygens (including phenoxy) is 1. The minimum absolute atomic E-state index is 0.0193. The van der Waals surface area contributed by atoms with Crippen LogP contribution in [0.15, 0.2) is 48.8 Å². The zero-order valence-corrected chi connectivity index (χ0v) is 21.2. The summed E-state index contributed by atoms with van der Waals surface area (Å²) in [5, 5.41) is 21.2. The number of aliphatic hydroxyl groups excluding tert-OH is 1. The van der Waals surface area contributed by atoms with Crippen LogP contribution in [0.2, 0.25) is 0 Å². The van der Waals surface area contributed by atoms with Gasteiger partial charge in [-0.15, -0.1) is 0 Å². The van der Waals surface area contributed by atoms with Crippen LogP contribution in [0.3, 0.4) is 0 Å². The van der Waals surface area contributed by atoms with Crippen molar-refractivity contribution in [1.82, 2.24) is 14.9 Å². The minimum atomic E-state index is -1.09. The zero-order chi connectivity index (χ0) is 25.7. The first kappa shape index (κ1) is 26.3. The van der Waals surface area contributed by atoms with Crippen LogP contribution < -0.4 is 4.74 Å². The Hall–Kier alpha value is -2.75. The molecule has 7 nitrogen and oxygen atoms in total. The summed E-state index contributed by atoms with van der Waals surface area (Å²) in [7, 11) is 1.53. The number of carbonyl (C=O) groups is 1. The fourth-order valence-corrected chi connectivity index (χ4v) is 5.56. The number of aliphatic carboxylic acids is 1. The highest BCUT2D eigenvalue weighted by Crippen LogP contribution is 2.42. The first-order valence-corrected chi connectivity index (χ1v) is 12.7. The Morgan fingerprint density at radius 3 is 2.69 bits per heavy atom. The van der Waals surface area contributed by atoms with E-state index >= 15 is 0 Å². The van der Waals surface area contributed by atoms with Gasteiger partial charge in [0.25, 0.3) is 0 Å². The van der Waals surface area contributed by atoms with E-state index in [0.717, 1.165) is 31.5 Å². The number of carboxylic acids is 1. The van der Waals surface area contributed by atoms with Crippen molar-refractivity contribution < 1.29 is 24.1 Å². The van der Waals surface area contributed by atoms with Crippen molar-refractivity contribution in [2.24, 2.45) is 5.41 Å². The number of piperidine rings is 1. The van der Waals surface area contributed by atoms with Crippen molar-refractivity contribution in [3.63, 3.8) is 0 Å². The molecule has 0 spiro atoms. The van der Waals surface area contributed by atoms with Gasteiger partial charge in [0.15, 0.2) is 0 Å². The number of likely N-dealkylation sites (tertiary alicyclic amines) is 1. The smallest absolute Gasteiger partial charge is 0.303 e. The van der Waals surface area contributed by atoms with Gasteiger partial charge < -0.3 is 19.8 Å². The molecule has 0 bridgehead atoms. The fraction of sp³-hybridized carbons (Fsp3) is 0.444. The zero-order valence-electron chi connectivity index (χ0n) is 20.3. The molecule has 2 aromatic heterocycles. The predicted octanol–water partition coefficient (Wildman–Crippen LogP) is 4.82. The van der Waals surface area contributed by atoms with Crippen LogP contribution in [0.1, 0.15) is 54.7 Å². The van der Waals surface area contributed by atoms with Crippen molar-refractivity contribution in [1.29, 1.82) is 0 Å². The second-order valence-corrected chi connectivity index (χ2v) is 10.2. The summed E-state index contributed by atoms with van der Waals surface area (Å²) in [5.41, 5.74) is 1.19. The van der Waals surface area contributed by atoms with E-state index in [1.165, 1.54) is 7.11 Å².